The van der Waals surface area contributed by atoms with Crippen molar-refractivity contribution in [1.82, 2.24) is 5.32 Å². The van der Waals surface area contributed by atoms with Gasteiger partial charge in [0.15, 0.2) is 0 Å². The zero-order valence-corrected chi connectivity index (χ0v) is 13.4. The molecule has 0 unspecified atom stereocenters. The first-order valence-corrected chi connectivity index (χ1v) is 8.04. The molecule has 1 fully saturated rings. The lowest BCUT2D eigenvalue weighted by molar-refractivity contribution is -0.145. The standard InChI is InChI=1S/C18H25NO3/c1-13-7-6-8-14(11-13)12-16(18(21)22-2)19-17(20)15-9-4-3-5-10-15/h6-8,11,15-16H,3-5,9-10,12H2,1-2H3,(H,19,20)/t16-/m1/s1. The van der Waals surface area contributed by atoms with Crippen LogP contribution in [0.25, 0.3) is 0 Å². The zero-order valence-electron chi connectivity index (χ0n) is 13.4. The summed E-state index contributed by atoms with van der Waals surface area (Å²) in [6.07, 6.45) is 5.70. The fourth-order valence-corrected chi connectivity index (χ4v) is 3.06. The van der Waals surface area contributed by atoms with E-state index in [1.54, 1.807) is 0 Å². The molecule has 4 nitrogen and oxygen atoms in total. The number of nitrogens with one attached hydrogen (secondary N) is 1. The lowest BCUT2D eigenvalue weighted by Gasteiger charge is -2.24. The van der Waals surface area contributed by atoms with Crippen molar-refractivity contribution in [2.75, 3.05) is 7.11 Å². The second kappa shape index (κ2) is 7.97. The van der Waals surface area contributed by atoms with Crippen LogP contribution in [0.15, 0.2) is 24.3 Å². The maximum atomic E-state index is 12.4. The van der Waals surface area contributed by atoms with Crippen LogP contribution in [0, 0.1) is 12.8 Å². The minimum atomic E-state index is -0.610. The second-order valence-electron chi connectivity index (χ2n) is 6.11. The van der Waals surface area contributed by atoms with Crippen molar-refractivity contribution >= 4 is 11.9 Å². The molecular formula is C18H25NO3. The van der Waals surface area contributed by atoms with Crippen LogP contribution in [0.3, 0.4) is 0 Å². The summed E-state index contributed by atoms with van der Waals surface area (Å²) in [4.78, 5) is 24.3. The number of methoxy groups -OCH3 is 1. The van der Waals surface area contributed by atoms with E-state index in [0.717, 1.165) is 36.8 Å². The van der Waals surface area contributed by atoms with Crippen LogP contribution in [0.1, 0.15) is 43.2 Å². The first kappa shape index (κ1) is 16.5. The van der Waals surface area contributed by atoms with Gasteiger partial charge < -0.3 is 10.1 Å². The third-order valence-electron chi connectivity index (χ3n) is 4.30. The molecule has 1 aromatic rings. The van der Waals surface area contributed by atoms with E-state index in [9.17, 15) is 9.59 Å². The predicted molar refractivity (Wildman–Crippen MR) is 85.4 cm³/mol. The molecule has 0 aromatic heterocycles. The summed E-state index contributed by atoms with van der Waals surface area (Å²) in [7, 11) is 1.36. The van der Waals surface area contributed by atoms with Gasteiger partial charge in [-0.3, -0.25) is 4.79 Å². The fraction of sp³-hybridized carbons (Fsp3) is 0.556. The number of esters is 1. The van der Waals surface area contributed by atoms with E-state index in [1.165, 1.54) is 13.5 Å². The van der Waals surface area contributed by atoms with E-state index < -0.39 is 6.04 Å². The number of amides is 1. The highest BCUT2D eigenvalue weighted by Gasteiger charge is 2.27. The van der Waals surface area contributed by atoms with Gasteiger partial charge in [-0.2, -0.15) is 0 Å². The predicted octanol–water partition coefficient (Wildman–Crippen LogP) is 2.78. The summed E-state index contributed by atoms with van der Waals surface area (Å²) in [5, 5.41) is 2.89. The van der Waals surface area contributed by atoms with Crippen molar-refractivity contribution in [1.29, 1.82) is 0 Å². The summed E-state index contributed by atoms with van der Waals surface area (Å²) < 4.78 is 4.85. The molecule has 0 radical (unpaired) electrons. The molecule has 1 atom stereocenters. The van der Waals surface area contributed by atoms with Crippen LogP contribution >= 0.6 is 0 Å². The SMILES string of the molecule is COC(=O)[C@@H](Cc1cccc(C)c1)NC(=O)C1CCCCC1. The number of hydrogen-bond acceptors (Lipinski definition) is 3. The molecule has 1 aliphatic carbocycles. The molecule has 4 heteroatoms. The third-order valence-corrected chi connectivity index (χ3v) is 4.30. The molecular weight excluding hydrogens is 278 g/mol. The van der Waals surface area contributed by atoms with Gasteiger partial charge in [-0.1, -0.05) is 49.1 Å². The Kier molecular flexibility index (Phi) is 5.99. The number of carbonyl (C=O) groups is 2. The number of carbonyl (C=O) groups excluding carboxylic acids is 2. The van der Waals surface area contributed by atoms with Gasteiger partial charge in [-0.15, -0.1) is 0 Å². The van der Waals surface area contributed by atoms with Gasteiger partial charge in [0.1, 0.15) is 6.04 Å². The molecule has 1 N–H and O–H groups in total. The van der Waals surface area contributed by atoms with Crippen molar-refractivity contribution in [3.8, 4) is 0 Å². The number of ether oxygens (including phenoxy) is 1. The zero-order chi connectivity index (χ0) is 15.9. The van der Waals surface area contributed by atoms with E-state index in [0.29, 0.717) is 6.42 Å². The molecule has 120 valence electrons. The van der Waals surface area contributed by atoms with Gasteiger partial charge in [0.05, 0.1) is 7.11 Å². The molecule has 2 rings (SSSR count). The average molecular weight is 303 g/mol. The van der Waals surface area contributed by atoms with Crippen molar-refractivity contribution in [2.24, 2.45) is 5.92 Å². The highest BCUT2D eigenvalue weighted by atomic mass is 16.5. The fourth-order valence-electron chi connectivity index (χ4n) is 3.06. The van der Waals surface area contributed by atoms with E-state index in [1.807, 2.05) is 31.2 Å². The minimum Gasteiger partial charge on any atom is -0.467 e. The van der Waals surface area contributed by atoms with Crippen molar-refractivity contribution in [2.45, 2.75) is 51.5 Å². The first-order chi connectivity index (χ1) is 10.6. The summed E-state index contributed by atoms with van der Waals surface area (Å²) in [6, 6.07) is 7.36. The van der Waals surface area contributed by atoms with Gasteiger partial charge >= 0.3 is 5.97 Å². The van der Waals surface area contributed by atoms with Gasteiger partial charge in [-0.25, -0.2) is 4.79 Å². The first-order valence-electron chi connectivity index (χ1n) is 8.04. The monoisotopic (exact) mass is 303 g/mol. The summed E-state index contributed by atoms with van der Waals surface area (Å²) >= 11 is 0. The molecule has 22 heavy (non-hydrogen) atoms. The number of benzene rings is 1. The molecule has 1 amide bonds. The Morgan fingerprint density at radius 2 is 2.00 bits per heavy atom. The van der Waals surface area contributed by atoms with E-state index in [4.69, 9.17) is 4.74 Å². The van der Waals surface area contributed by atoms with E-state index in [-0.39, 0.29) is 17.8 Å². The van der Waals surface area contributed by atoms with Gasteiger partial charge in [0.2, 0.25) is 5.91 Å². The number of aryl methyl sites for hydroxylation is 1. The Labute approximate surface area is 132 Å². The molecule has 0 bridgehead atoms. The quantitative estimate of drug-likeness (QED) is 0.851. The van der Waals surface area contributed by atoms with Crippen LogP contribution in [0.2, 0.25) is 0 Å². The van der Waals surface area contributed by atoms with Crippen molar-refractivity contribution in [3.63, 3.8) is 0 Å². The Balaban J connectivity index is 2.02. The van der Waals surface area contributed by atoms with Crippen molar-refractivity contribution < 1.29 is 14.3 Å². The van der Waals surface area contributed by atoms with Crippen LogP contribution < -0.4 is 5.32 Å². The van der Waals surface area contributed by atoms with Gasteiger partial charge in [0.25, 0.3) is 0 Å². The lowest BCUT2D eigenvalue weighted by Crippen LogP contribution is -2.45. The molecule has 0 aliphatic heterocycles. The Morgan fingerprint density at radius 3 is 2.64 bits per heavy atom. The van der Waals surface area contributed by atoms with Crippen LogP contribution in [0.4, 0.5) is 0 Å². The summed E-state index contributed by atoms with van der Waals surface area (Å²) in [5.41, 5.74) is 2.17. The molecule has 0 saturated heterocycles. The Morgan fingerprint density at radius 1 is 1.27 bits per heavy atom. The van der Waals surface area contributed by atoms with E-state index in [2.05, 4.69) is 5.32 Å². The highest BCUT2D eigenvalue weighted by Crippen LogP contribution is 2.24. The normalized spacial score (nSPS) is 16.8. The smallest absolute Gasteiger partial charge is 0.328 e. The van der Waals surface area contributed by atoms with Crippen molar-refractivity contribution in [3.05, 3.63) is 35.4 Å². The summed E-state index contributed by atoms with van der Waals surface area (Å²) in [6.45, 7) is 2.01. The molecule has 0 heterocycles. The topological polar surface area (TPSA) is 55.4 Å². The van der Waals surface area contributed by atoms with E-state index >= 15 is 0 Å². The average Bonchev–Trinajstić information content (AvgIpc) is 2.54. The minimum absolute atomic E-state index is 0.0113. The number of hydrogen-bond donors (Lipinski definition) is 1. The maximum absolute atomic E-state index is 12.4. The number of rotatable bonds is 5. The Bertz CT molecular complexity index is 521. The van der Waals surface area contributed by atoms with Crippen LogP contribution in [-0.4, -0.2) is 25.0 Å². The molecule has 1 aliphatic rings. The third kappa shape index (κ3) is 4.58. The van der Waals surface area contributed by atoms with Crippen LogP contribution in [-0.2, 0) is 20.7 Å². The maximum Gasteiger partial charge on any atom is 0.328 e. The summed E-state index contributed by atoms with van der Waals surface area (Å²) in [5.74, 6) is -0.355. The van der Waals surface area contributed by atoms with Crippen LogP contribution in [0.5, 0.6) is 0 Å². The second-order valence-corrected chi connectivity index (χ2v) is 6.11. The molecule has 1 aromatic carbocycles. The van der Waals surface area contributed by atoms with Gasteiger partial charge in [-0.05, 0) is 25.3 Å². The lowest BCUT2D eigenvalue weighted by atomic mass is 9.88. The molecule has 1 saturated carbocycles. The largest absolute Gasteiger partial charge is 0.467 e. The highest BCUT2D eigenvalue weighted by molar-refractivity contribution is 5.86. The Hall–Kier alpha value is -1.84. The van der Waals surface area contributed by atoms with Gasteiger partial charge in [0, 0.05) is 12.3 Å². The molecule has 0 spiro atoms.